The minimum Gasteiger partial charge on any atom is -0.872 e. The first-order chi connectivity index (χ1) is 21.5. The summed E-state index contributed by atoms with van der Waals surface area (Å²) in [5, 5.41) is 39.1. The number of nitrogens with zero attached hydrogens (tertiary/aromatic N) is 2. The van der Waals surface area contributed by atoms with Crippen molar-refractivity contribution in [2.75, 3.05) is 21.3 Å². The van der Waals surface area contributed by atoms with Gasteiger partial charge in [0.1, 0.15) is 11.5 Å². The van der Waals surface area contributed by atoms with Crippen LogP contribution in [-0.2, 0) is 52.4 Å². The number of aromatic hydroxyl groups is 1. The summed E-state index contributed by atoms with van der Waals surface area (Å²) in [6, 6.07) is 13.8. The molecule has 13 heteroatoms. The monoisotopic (exact) mass is 738 g/mol. The molecule has 3 aromatic rings. The number of benzene rings is 2. The zero-order valence-corrected chi connectivity index (χ0v) is 31.9. The van der Waals surface area contributed by atoms with Gasteiger partial charge in [-0.2, -0.15) is 0 Å². The predicted octanol–water partition coefficient (Wildman–Crippen LogP) is 1.42. The van der Waals surface area contributed by atoms with E-state index in [0.717, 1.165) is 47.7 Å². The minimum atomic E-state index is -4.94. The molecule has 1 radical (unpaired) electrons. The van der Waals surface area contributed by atoms with Crippen LogP contribution in [0.2, 0.25) is 0 Å². The number of phenols is 1. The van der Waals surface area contributed by atoms with Crippen LogP contribution in [0.4, 0.5) is 0 Å². The van der Waals surface area contributed by atoms with Crippen molar-refractivity contribution in [2.45, 2.75) is 98.2 Å². The van der Waals surface area contributed by atoms with Crippen LogP contribution >= 0.6 is 0 Å². The average molecular weight is 740 g/mol. The molecule has 3 N–H and O–H groups in total. The van der Waals surface area contributed by atoms with E-state index in [4.69, 9.17) is 33.6 Å². The van der Waals surface area contributed by atoms with Gasteiger partial charge < -0.3 is 25.2 Å². The van der Waals surface area contributed by atoms with Gasteiger partial charge in [0.2, 0.25) is 0 Å². The van der Waals surface area contributed by atoms with Crippen LogP contribution in [0.3, 0.4) is 0 Å². The zero-order chi connectivity index (χ0) is 37.0. The fourth-order valence-corrected chi connectivity index (χ4v) is 4.64. The number of methoxy groups -OCH3 is 1. The molecule has 0 saturated carbocycles. The molecule has 0 amide bonds. The van der Waals surface area contributed by atoms with E-state index in [1.54, 1.807) is 13.3 Å². The Bertz CT molecular complexity index is 1360. The first-order valence-corrected chi connectivity index (χ1v) is 16.1. The van der Waals surface area contributed by atoms with Crippen molar-refractivity contribution in [3.05, 3.63) is 82.2 Å². The maximum atomic E-state index is 13.8. The molecular weight excluding hydrogens is 687 g/mol. The van der Waals surface area contributed by atoms with Gasteiger partial charge in [0.05, 0.1) is 12.8 Å². The number of halogens is 1. The quantitative estimate of drug-likeness (QED) is 0.296. The maximum Gasteiger partial charge on any atom is 3.00 e. The molecule has 0 spiro atoms. The summed E-state index contributed by atoms with van der Waals surface area (Å²) < 4.78 is 39.6. The van der Waals surface area contributed by atoms with Gasteiger partial charge in [-0.15, -0.1) is 16.0 Å². The number of rotatable bonds is 7. The van der Waals surface area contributed by atoms with E-state index in [1.807, 2.05) is 30.3 Å². The van der Waals surface area contributed by atoms with Gasteiger partial charge in [0.15, 0.2) is 0 Å². The summed E-state index contributed by atoms with van der Waals surface area (Å²) in [7, 11) is -1.30. The van der Waals surface area contributed by atoms with Crippen LogP contribution < -0.4 is 28.5 Å². The van der Waals surface area contributed by atoms with Gasteiger partial charge in [-0.3, -0.25) is 9.88 Å². The molecule has 0 atom stereocenters. The first kappa shape index (κ1) is 47.6. The molecule has 0 saturated heterocycles. The molecule has 1 heterocycles. The number of phenolic OH excluding ortho intramolecular Hbond substituents is 1. The molecule has 0 aliphatic heterocycles. The third-order valence-electron chi connectivity index (χ3n) is 6.95. The van der Waals surface area contributed by atoms with Crippen LogP contribution in [0.5, 0.6) is 17.2 Å². The number of aliphatic hydroxyl groups is 2. The summed E-state index contributed by atoms with van der Waals surface area (Å²) in [5.41, 5.74) is 4.61. The second-order valence-corrected chi connectivity index (χ2v) is 14.5. The van der Waals surface area contributed by atoms with E-state index in [9.17, 15) is 10.2 Å². The van der Waals surface area contributed by atoms with Crippen molar-refractivity contribution in [1.82, 2.24) is 9.88 Å². The number of ether oxygens (including phenoxy) is 1. The maximum absolute atomic E-state index is 13.8. The van der Waals surface area contributed by atoms with Crippen LogP contribution in [0.15, 0.2) is 48.7 Å². The molecule has 0 aliphatic carbocycles. The SMILES string of the molecule is CO.CO.COc1cc(CN(Cc2ccccn2)Cc2cc(C(C)(C)C)cc(C(C)(C)C)c2[O-])c(O)c(C(C)(C)C)c1.[Ni+3].[O-][Cl+3]([O-])([O-])[O-]. The molecule has 0 unspecified atom stereocenters. The molecule has 0 bridgehead atoms. The molecular formula is C35H53ClN2NiO9+. The zero-order valence-electron chi connectivity index (χ0n) is 30.1. The summed E-state index contributed by atoms with van der Waals surface area (Å²) in [4.78, 5) is 6.72. The Morgan fingerprint density at radius 1 is 0.729 bits per heavy atom. The molecule has 273 valence electrons. The van der Waals surface area contributed by atoms with Crippen LogP contribution in [0, 0.1) is 10.2 Å². The van der Waals surface area contributed by atoms with E-state index in [0.29, 0.717) is 25.4 Å². The Labute approximate surface area is 298 Å². The standard InChI is InChI=1S/C33H46N2O3.2CH4O.ClHO4.Ni/c1-31(2,3)24-15-22(29(36)27(17-24)32(4,5)6)19-35(21-25-13-11-12-14-34-25)20-23-16-26(38-10)18-28(30(23)37)33(7,8)9;2*1-2;2-1(3,4)5;/h11-18,36-37H,19-21H2,1-10H3;2*2H,1H3;(H,2,3,4,5);/q;;;;+3/p-2. The van der Waals surface area contributed by atoms with Crippen molar-refractivity contribution < 1.29 is 70.5 Å². The molecule has 3 rings (SSSR count). The minimum absolute atomic E-state index is 0. The third kappa shape index (κ3) is 16.3. The Morgan fingerprint density at radius 2 is 1.23 bits per heavy atom. The van der Waals surface area contributed by atoms with Crippen molar-refractivity contribution >= 4 is 0 Å². The van der Waals surface area contributed by atoms with Crippen LogP contribution in [0.1, 0.15) is 95.8 Å². The Hall–Kier alpha value is -2.51. The normalized spacial score (nSPS) is 11.6. The summed E-state index contributed by atoms with van der Waals surface area (Å²) in [6.07, 6.45) is 1.78. The second kappa shape index (κ2) is 20.2. The number of aliphatic hydroxyl groups excluding tert-OH is 2. The van der Waals surface area contributed by atoms with Gasteiger partial charge in [-0.1, -0.05) is 80.5 Å². The van der Waals surface area contributed by atoms with Crippen LogP contribution in [0.25, 0.3) is 0 Å². The molecule has 1 aromatic heterocycles. The van der Waals surface area contributed by atoms with Gasteiger partial charge in [0.25, 0.3) is 0 Å². The predicted molar refractivity (Wildman–Crippen MR) is 170 cm³/mol. The molecule has 11 nitrogen and oxygen atoms in total. The number of hydrogen-bond donors (Lipinski definition) is 3. The van der Waals surface area contributed by atoms with E-state index in [1.165, 1.54) is 0 Å². The van der Waals surface area contributed by atoms with E-state index < -0.39 is 10.2 Å². The number of pyridine rings is 1. The molecule has 48 heavy (non-hydrogen) atoms. The summed E-state index contributed by atoms with van der Waals surface area (Å²) >= 11 is 0. The van der Waals surface area contributed by atoms with Crippen LogP contribution in [-0.4, -0.2) is 46.5 Å². The van der Waals surface area contributed by atoms with Crippen molar-refractivity contribution in [1.29, 1.82) is 0 Å². The van der Waals surface area contributed by atoms with Crippen molar-refractivity contribution in [3.8, 4) is 17.2 Å². The number of aromatic nitrogens is 1. The smallest absolute Gasteiger partial charge is 0.872 e. The fourth-order valence-electron chi connectivity index (χ4n) is 4.64. The van der Waals surface area contributed by atoms with Gasteiger partial charge in [-0.05, 0) is 57.2 Å². The molecule has 2 aromatic carbocycles. The first-order valence-electron chi connectivity index (χ1n) is 14.9. The summed E-state index contributed by atoms with van der Waals surface area (Å²) in [5.74, 6) is 1.06. The topological polar surface area (TPSA) is 201 Å². The van der Waals surface area contributed by atoms with Gasteiger partial charge in [0, 0.05) is 51.2 Å². The molecule has 0 fully saturated rings. The Morgan fingerprint density at radius 3 is 1.65 bits per heavy atom. The van der Waals surface area contributed by atoms with Gasteiger partial charge >= 0.3 is 16.5 Å². The Kier molecular flexibility index (Phi) is 20.1. The average Bonchev–Trinajstić information content (AvgIpc) is 2.95. The van der Waals surface area contributed by atoms with Crippen molar-refractivity contribution in [2.24, 2.45) is 0 Å². The van der Waals surface area contributed by atoms with Gasteiger partial charge in [-0.25, -0.2) is 18.6 Å². The third-order valence-corrected chi connectivity index (χ3v) is 6.95. The second-order valence-electron chi connectivity index (χ2n) is 13.8. The van der Waals surface area contributed by atoms with E-state index in [-0.39, 0.29) is 44.2 Å². The molecule has 0 aliphatic rings. The van der Waals surface area contributed by atoms with E-state index >= 15 is 0 Å². The number of hydrogen-bond acceptors (Lipinski definition) is 11. The summed E-state index contributed by atoms with van der Waals surface area (Å²) in [6.45, 7) is 20.4. The van der Waals surface area contributed by atoms with E-state index in [2.05, 4.69) is 84.3 Å². The van der Waals surface area contributed by atoms with Crippen molar-refractivity contribution in [3.63, 3.8) is 0 Å². The Balaban J connectivity index is 0. The fraction of sp³-hybridized carbons (Fsp3) is 0.514. The largest absolute Gasteiger partial charge is 3.00 e.